The van der Waals surface area contributed by atoms with Crippen molar-refractivity contribution in [3.63, 3.8) is 0 Å². The van der Waals surface area contributed by atoms with Gasteiger partial charge in [-0.15, -0.1) is 11.3 Å². The number of rotatable bonds is 43. The van der Waals surface area contributed by atoms with Gasteiger partial charge in [0.25, 0.3) is 5.91 Å². The van der Waals surface area contributed by atoms with Crippen LogP contribution in [-0.4, -0.2) is 215 Å². The molecule has 13 N–H and O–H groups in total. The van der Waals surface area contributed by atoms with Crippen LogP contribution in [0.25, 0.3) is 0 Å². The lowest BCUT2D eigenvalue weighted by Crippen LogP contribution is -2.57. The lowest BCUT2D eigenvalue weighted by Gasteiger charge is -2.35. The molecule has 1 aromatic heterocycles. The predicted molar refractivity (Wildman–Crippen MR) is 325 cm³/mol. The van der Waals surface area contributed by atoms with Gasteiger partial charge in [-0.25, -0.2) is 29.6 Å². The van der Waals surface area contributed by atoms with E-state index < -0.39 is 115 Å². The summed E-state index contributed by atoms with van der Waals surface area (Å²) in [4.78, 5) is 180. The van der Waals surface area contributed by atoms with Crippen molar-refractivity contribution in [1.29, 1.82) is 0 Å². The maximum atomic E-state index is 14.1. The lowest BCUT2D eigenvalue weighted by molar-refractivity contribution is -0.155. The largest absolute Gasteiger partial charge is 0.481 e. The average molecular weight is 1320 g/mol. The fourth-order valence-electron chi connectivity index (χ4n) is 8.12. The van der Waals surface area contributed by atoms with Gasteiger partial charge in [-0.3, -0.25) is 58.3 Å². The third-order valence-electron chi connectivity index (χ3n) is 13.5. The average Bonchev–Trinajstić information content (AvgIpc) is 4.12. The van der Waals surface area contributed by atoms with Crippen LogP contribution in [0.3, 0.4) is 0 Å². The molecule has 1 saturated heterocycles. The summed E-state index contributed by atoms with van der Waals surface area (Å²) in [6, 6.07) is -5.51. The number of carboxylic acid groups (broad SMARTS) is 3. The van der Waals surface area contributed by atoms with E-state index in [1.54, 1.807) is 12.3 Å². The SMILES string of the molecule is CCCC(=O)OCN(CCCc1nc(C(=O)NCC[C@H](C)C(=O)NNC(=O)OCCSSCCNC(=O)CNC(=O)CNC(=O)CCCNC(=O)CCC(NC(=O)N[C@@H](CCC(=O)O)C(=O)O)C(=O)O)cs1)C(=O)C(NC(=O)[C@H]1CCCCN1C)C(C)CC. The van der Waals surface area contributed by atoms with E-state index in [1.807, 2.05) is 43.4 Å². The Bertz CT molecular complexity index is 2530. The number of aliphatic carboxylic acids is 3. The molecule has 500 valence electrons. The number of nitrogens with zero attached hydrogens (tertiary/aromatic N) is 3. The van der Waals surface area contributed by atoms with Crippen LogP contribution in [0.5, 0.6) is 0 Å². The second kappa shape index (κ2) is 44.0. The number of likely N-dealkylation sites (N-methyl/N-ethyl adjacent to an activating group) is 1. The molecule has 3 unspecified atom stereocenters. The number of ether oxygens (including phenoxy) is 2. The second-order valence-electron chi connectivity index (χ2n) is 20.7. The van der Waals surface area contributed by atoms with Gasteiger partial charge in [0.1, 0.15) is 30.4 Å². The smallest absolute Gasteiger partial charge is 0.426 e. The monoisotopic (exact) mass is 1320 g/mol. The molecule has 2 heterocycles. The number of carbonyl (C=O) groups is 14. The van der Waals surface area contributed by atoms with E-state index in [9.17, 15) is 72.2 Å². The molecule has 1 aliphatic rings. The maximum absolute atomic E-state index is 14.1. The molecule has 0 aliphatic carbocycles. The van der Waals surface area contributed by atoms with Crippen molar-refractivity contribution in [1.82, 2.24) is 68.2 Å². The first-order valence-corrected chi connectivity index (χ1v) is 32.7. The van der Waals surface area contributed by atoms with Gasteiger partial charge in [0.2, 0.25) is 41.4 Å². The Morgan fingerprint density at radius 3 is 2.01 bits per heavy atom. The molecule has 0 saturated carbocycles. The molecule has 32 nitrogen and oxygen atoms in total. The topological polar surface area (TPSA) is 458 Å². The van der Waals surface area contributed by atoms with Gasteiger partial charge in [0.15, 0.2) is 6.73 Å². The lowest BCUT2D eigenvalue weighted by atomic mass is 9.96. The minimum absolute atomic E-state index is 0.000903. The van der Waals surface area contributed by atoms with Crippen LogP contribution in [-0.2, 0) is 68.6 Å². The number of hydrazine groups is 1. The molecular weight excluding hydrogens is 1230 g/mol. The van der Waals surface area contributed by atoms with Gasteiger partial charge < -0.3 is 72.2 Å². The fourth-order valence-corrected chi connectivity index (χ4v) is 10.7. The summed E-state index contributed by atoms with van der Waals surface area (Å²) in [5.41, 5.74) is 4.64. The predicted octanol–water partition coefficient (Wildman–Crippen LogP) is 0.211. The third-order valence-corrected chi connectivity index (χ3v) is 16.8. The standard InChI is InChI=1S/C54H87N13O19S3/c1-6-12-45(74)86-32-67(50(78)46(33(3)7-2)63-49(77)38-13-8-9-24-66(38)5)25-11-15-43-60-37(31-87-43)48(76)57-22-20-34(4)47(75)64-65-54(84)85-26-28-89-88-27-23-56-41(70)29-59-42(71)30-58-39(68)14-10-21-55-40(69)18-16-35(51(79)80)61-53(83)62-36(52(81)82)17-19-44(72)73/h31,33-36,38,46H,6-30,32H2,1-5H3,(H,55,69)(H,56,70)(H,57,76)(H,58,68)(H,59,71)(H,63,77)(H,64,75)(H,65,84)(H,72,73)(H,79,80)(H,81,82)(H2,61,62,83)/t33?,34-,35?,36-,38+,46?/m0/s1. The number of amides is 11. The van der Waals surface area contributed by atoms with Gasteiger partial charge in [0.05, 0.1) is 24.1 Å². The number of aromatic nitrogens is 1. The van der Waals surface area contributed by atoms with Crippen LogP contribution in [0.2, 0.25) is 0 Å². The highest BCUT2D eigenvalue weighted by molar-refractivity contribution is 8.76. The summed E-state index contributed by atoms with van der Waals surface area (Å²) >= 11 is 1.27. The van der Waals surface area contributed by atoms with Crippen LogP contribution in [0.4, 0.5) is 9.59 Å². The number of urea groups is 1. The molecule has 1 fully saturated rings. The summed E-state index contributed by atoms with van der Waals surface area (Å²) in [6.45, 7) is 7.64. The Labute approximate surface area is 527 Å². The number of carbonyl (C=O) groups excluding carboxylic acids is 11. The van der Waals surface area contributed by atoms with E-state index in [1.165, 1.54) is 37.8 Å². The summed E-state index contributed by atoms with van der Waals surface area (Å²) in [6.07, 6.45) is 2.54. The zero-order chi connectivity index (χ0) is 66.3. The quantitative estimate of drug-likeness (QED) is 0.0137. The molecule has 0 bridgehead atoms. The first-order valence-electron chi connectivity index (χ1n) is 29.3. The van der Waals surface area contributed by atoms with Crippen LogP contribution < -0.4 is 53.4 Å². The summed E-state index contributed by atoms with van der Waals surface area (Å²) in [5.74, 6) is -8.50. The number of hydrogen-bond donors (Lipinski definition) is 13. The molecule has 0 radical (unpaired) electrons. The number of esters is 1. The summed E-state index contributed by atoms with van der Waals surface area (Å²) in [5, 5.41) is 49.1. The van der Waals surface area contributed by atoms with Crippen molar-refractivity contribution in [2.45, 2.75) is 148 Å². The molecule has 89 heavy (non-hydrogen) atoms. The van der Waals surface area contributed by atoms with Crippen molar-refractivity contribution >= 4 is 116 Å². The zero-order valence-electron chi connectivity index (χ0n) is 50.9. The van der Waals surface area contributed by atoms with Crippen molar-refractivity contribution in [2.24, 2.45) is 11.8 Å². The number of piperidine rings is 1. The minimum atomic E-state index is -1.59. The van der Waals surface area contributed by atoms with Crippen molar-refractivity contribution in [3.05, 3.63) is 16.1 Å². The fraction of sp³-hybridized carbons (Fsp3) is 0.685. The molecule has 35 heteroatoms. The van der Waals surface area contributed by atoms with Gasteiger partial charge in [0, 0.05) is 81.1 Å². The van der Waals surface area contributed by atoms with Crippen molar-refractivity contribution < 1.29 is 91.9 Å². The number of aryl methyl sites for hydroxylation is 1. The van der Waals surface area contributed by atoms with Crippen LogP contribution >= 0.6 is 32.9 Å². The summed E-state index contributed by atoms with van der Waals surface area (Å²) in [7, 11) is 4.63. The number of hydrogen-bond acceptors (Lipinski definition) is 21. The van der Waals surface area contributed by atoms with Gasteiger partial charge in [-0.1, -0.05) is 62.1 Å². The van der Waals surface area contributed by atoms with E-state index in [4.69, 9.17) is 19.7 Å². The molecule has 1 aromatic rings. The van der Waals surface area contributed by atoms with E-state index in [0.717, 1.165) is 19.4 Å². The van der Waals surface area contributed by atoms with Gasteiger partial charge in [-0.05, 0) is 70.9 Å². The Morgan fingerprint density at radius 2 is 1.36 bits per heavy atom. The first kappa shape index (κ1) is 77.6. The molecular formula is C54H87N13O19S3. The zero-order valence-corrected chi connectivity index (χ0v) is 53.3. The maximum Gasteiger partial charge on any atom is 0.426 e. The minimum Gasteiger partial charge on any atom is -0.481 e. The van der Waals surface area contributed by atoms with Gasteiger partial charge in [-0.2, -0.15) is 0 Å². The van der Waals surface area contributed by atoms with Crippen molar-refractivity contribution in [3.8, 4) is 0 Å². The van der Waals surface area contributed by atoms with Crippen LogP contribution in [0.15, 0.2) is 5.38 Å². The molecule has 0 aromatic carbocycles. The van der Waals surface area contributed by atoms with Crippen molar-refractivity contribution in [2.75, 3.05) is 77.7 Å². The van der Waals surface area contributed by atoms with Crippen LogP contribution in [0, 0.1) is 11.8 Å². The Hall–Kier alpha value is -7.53. The highest BCUT2D eigenvalue weighted by Gasteiger charge is 2.35. The molecule has 0 spiro atoms. The summed E-state index contributed by atoms with van der Waals surface area (Å²) < 4.78 is 10.5. The molecule has 1 aliphatic heterocycles. The Balaban J connectivity index is 1.57. The normalized spacial score (nSPS) is 14.5. The third kappa shape index (κ3) is 33.6. The van der Waals surface area contributed by atoms with E-state index in [2.05, 4.69) is 47.7 Å². The first-order chi connectivity index (χ1) is 42.3. The van der Waals surface area contributed by atoms with Crippen LogP contribution in [0.1, 0.15) is 133 Å². The number of carboxylic acids is 3. The number of thiazole rings is 1. The number of likely N-dealkylation sites (tertiary alicyclic amines) is 1. The molecule has 2 rings (SSSR count). The molecule has 6 atom stereocenters. The highest BCUT2D eigenvalue weighted by Crippen LogP contribution is 2.21. The van der Waals surface area contributed by atoms with Gasteiger partial charge >= 0.3 is 36.0 Å². The molecule has 11 amide bonds. The Kier molecular flexibility index (Phi) is 38.3. The van der Waals surface area contributed by atoms with E-state index in [0.29, 0.717) is 48.6 Å². The number of nitrogens with one attached hydrogen (secondary N) is 10. The van der Waals surface area contributed by atoms with E-state index in [-0.39, 0.29) is 114 Å². The highest BCUT2D eigenvalue weighted by atomic mass is 33.1. The van der Waals surface area contributed by atoms with E-state index >= 15 is 0 Å². The second-order valence-corrected chi connectivity index (χ2v) is 24.3. The Morgan fingerprint density at radius 1 is 0.719 bits per heavy atom.